The highest BCUT2D eigenvalue weighted by atomic mass is 32.1. The van der Waals surface area contributed by atoms with Gasteiger partial charge in [0.2, 0.25) is 0 Å². The van der Waals surface area contributed by atoms with Gasteiger partial charge in [0, 0.05) is 23.8 Å². The molecule has 0 bridgehead atoms. The normalized spacial score (nSPS) is 22.5. The zero-order valence-electron chi connectivity index (χ0n) is 7.62. The Bertz CT molecular complexity index is 292. The largest absolute Gasteiger partial charge is 0.381 e. The third kappa shape index (κ3) is 1.60. The van der Waals surface area contributed by atoms with Gasteiger partial charge in [0.15, 0.2) is 0 Å². The molecule has 0 saturated carbocycles. The smallest absolute Gasteiger partial charge is 0.145 e. The van der Waals surface area contributed by atoms with Crippen molar-refractivity contribution in [3.8, 4) is 0 Å². The molecule has 0 radical (unpaired) electrons. The average Bonchev–Trinajstić information content (AvgIpc) is 2.72. The first kappa shape index (κ1) is 9.09. The van der Waals surface area contributed by atoms with Crippen molar-refractivity contribution in [1.82, 2.24) is 5.16 Å². The fourth-order valence-electron chi connectivity index (χ4n) is 1.65. The minimum absolute atomic E-state index is 0.404. The molecule has 1 aromatic heterocycles. The van der Waals surface area contributed by atoms with Crippen molar-refractivity contribution in [3.63, 3.8) is 0 Å². The van der Waals surface area contributed by atoms with Crippen LogP contribution in [-0.4, -0.2) is 18.4 Å². The second kappa shape index (κ2) is 3.72. The van der Waals surface area contributed by atoms with Crippen LogP contribution >= 0.6 is 12.6 Å². The minimum Gasteiger partial charge on any atom is -0.381 e. The summed E-state index contributed by atoms with van der Waals surface area (Å²) in [6.45, 7) is 3.64. The molecular formula is C9H13NO2S. The van der Waals surface area contributed by atoms with Crippen molar-refractivity contribution in [2.75, 3.05) is 13.2 Å². The van der Waals surface area contributed by atoms with Crippen molar-refractivity contribution >= 4 is 12.6 Å². The van der Waals surface area contributed by atoms with Gasteiger partial charge in [0.25, 0.3) is 0 Å². The van der Waals surface area contributed by atoms with Gasteiger partial charge in [-0.1, -0.05) is 5.16 Å². The van der Waals surface area contributed by atoms with Crippen LogP contribution in [0, 0.1) is 6.92 Å². The Morgan fingerprint density at radius 2 is 2.46 bits per heavy atom. The molecule has 1 aliphatic rings. The summed E-state index contributed by atoms with van der Waals surface area (Å²) < 4.78 is 10.6. The average molecular weight is 199 g/mol. The third-order valence-corrected chi connectivity index (χ3v) is 2.81. The minimum atomic E-state index is 0.404. The first-order valence-corrected chi connectivity index (χ1v) is 5.10. The van der Waals surface area contributed by atoms with E-state index in [2.05, 4.69) is 17.8 Å². The van der Waals surface area contributed by atoms with Crippen LogP contribution in [0.2, 0.25) is 0 Å². The molecule has 2 heterocycles. The summed E-state index contributed by atoms with van der Waals surface area (Å²) in [4.78, 5) is 0. The van der Waals surface area contributed by atoms with Crippen LogP contribution in [-0.2, 0) is 10.5 Å². The molecule has 1 unspecified atom stereocenters. The van der Waals surface area contributed by atoms with Crippen LogP contribution < -0.4 is 0 Å². The van der Waals surface area contributed by atoms with E-state index in [0.29, 0.717) is 11.7 Å². The first-order valence-electron chi connectivity index (χ1n) is 4.46. The lowest BCUT2D eigenvalue weighted by molar-refractivity contribution is 0.189. The molecular weight excluding hydrogens is 186 g/mol. The summed E-state index contributed by atoms with van der Waals surface area (Å²) >= 11 is 4.18. The van der Waals surface area contributed by atoms with Gasteiger partial charge in [0.05, 0.1) is 12.3 Å². The highest BCUT2D eigenvalue weighted by Crippen LogP contribution is 2.29. The van der Waals surface area contributed by atoms with Gasteiger partial charge in [-0.2, -0.15) is 12.6 Å². The molecule has 0 amide bonds. The third-order valence-electron chi connectivity index (χ3n) is 2.51. The van der Waals surface area contributed by atoms with Crippen molar-refractivity contribution < 1.29 is 9.26 Å². The van der Waals surface area contributed by atoms with Gasteiger partial charge in [0.1, 0.15) is 5.76 Å². The second-order valence-electron chi connectivity index (χ2n) is 3.34. The highest BCUT2D eigenvalue weighted by molar-refractivity contribution is 7.79. The van der Waals surface area contributed by atoms with Crippen LogP contribution in [0.3, 0.4) is 0 Å². The molecule has 3 nitrogen and oxygen atoms in total. The fraction of sp³-hybridized carbons (Fsp3) is 0.667. The fourth-order valence-corrected chi connectivity index (χ4v) is 1.95. The molecule has 2 rings (SSSR count). The van der Waals surface area contributed by atoms with Crippen LogP contribution in [0.25, 0.3) is 0 Å². The molecule has 1 atom stereocenters. The summed E-state index contributed by atoms with van der Waals surface area (Å²) in [5, 5.41) is 3.97. The van der Waals surface area contributed by atoms with Crippen LogP contribution in [0.15, 0.2) is 4.52 Å². The molecule has 72 valence electrons. The quantitative estimate of drug-likeness (QED) is 0.739. The predicted octanol–water partition coefficient (Wildman–Crippen LogP) is 1.92. The number of aromatic nitrogens is 1. The van der Waals surface area contributed by atoms with Gasteiger partial charge < -0.3 is 9.26 Å². The molecule has 0 spiro atoms. The van der Waals surface area contributed by atoms with E-state index in [0.717, 1.165) is 36.7 Å². The van der Waals surface area contributed by atoms with E-state index < -0.39 is 0 Å². The van der Waals surface area contributed by atoms with Crippen molar-refractivity contribution in [2.45, 2.75) is 25.0 Å². The number of ether oxygens (including phenoxy) is 1. The zero-order chi connectivity index (χ0) is 9.26. The summed E-state index contributed by atoms with van der Waals surface area (Å²) in [6, 6.07) is 0. The molecule has 13 heavy (non-hydrogen) atoms. The monoisotopic (exact) mass is 199 g/mol. The van der Waals surface area contributed by atoms with Crippen LogP contribution in [0.1, 0.15) is 29.4 Å². The Hall–Kier alpha value is -0.480. The Labute approximate surface area is 82.8 Å². The highest BCUT2D eigenvalue weighted by Gasteiger charge is 2.24. The summed E-state index contributed by atoms with van der Waals surface area (Å²) in [5.74, 6) is 2.03. The van der Waals surface area contributed by atoms with E-state index >= 15 is 0 Å². The maximum Gasteiger partial charge on any atom is 0.145 e. The summed E-state index contributed by atoms with van der Waals surface area (Å²) in [6.07, 6.45) is 1.04. The lowest BCUT2D eigenvalue weighted by Crippen LogP contribution is -1.97. The number of hydrogen-bond donors (Lipinski definition) is 1. The Morgan fingerprint density at radius 1 is 1.62 bits per heavy atom. The molecule has 1 saturated heterocycles. The van der Waals surface area contributed by atoms with Gasteiger partial charge in [-0.15, -0.1) is 0 Å². The summed E-state index contributed by atoms with van der Waals surface area (Å²) in [5.41, 5.74) is 2.09. The molecule has 0 aliphatic carbocycles. The Balaban J connectivity index is 2.24. The van der Waals surface area contributed by atoms with Crippen molar-refractivity contribution in [2.24, 2.45) is 0 Å². The van der Waals surface area contributed by atoms with Crippen molar-refractivity contribution in [3.05, 3.63) is 17.0 Å². The predicted molar refractivity (Wildman–Crippen MR) is 52.1 cm³/mol. The first-order chi connectivity index (χ1) is 6.33. The molecule has 1 aliphatic heterocycles. The molecule has 4 heteroatoms. The van der Waals surface area contributed by atoms with Gasteiger partial charge in [-0.3, -0.25) is 0 Å². The number of rotatable bonds is 2. The van der Waals surface area contributed by atoms with E-state index in [1.165, 1.54) is 0 Å². The molecule has 1 fully saturated rings. The lowest BCUT2D eigenvalue weighted by atomic mass is 10.0. The maximum absolute atomic E-state index is 5.30. The van der Waals surface area contributed by atoms with Crippen LogP contribution in [0.4, 0.5) is 0 Å². The number of thiol groups is 1. The standard InChI is InChI=1S/C9H13NO2S/c1-6-8(5-13)10-12-9(6)7-2-3-11-4-7/h7,13H,2-5H2,1H3. The van der Waals surface area contributed by atoms with E-state index in [1.807, 2.05) is 6.92 Å². The molecule has 0 aromatic carbocycles. The van der Waals surface area contributed by atoms with E-state index in [9.17, 15) is 0 Å². The maximum atomic E-state index is 5.30. The molecule has 0 N–H and O–H groups in total. The Morgan fingerprint density at radius 3 is 3.00 bits per heavy atom. The van der Waals surface area contributed by atoms with Gasteiger partial charge in [-0.25, -0.2) is 0 Å². The number of hydrogen-bond acceptors (Lipinski definition) is 4. The van der Waals surface area contributed by atoms with E-state index in [4.69, 9.17) is 9.26 Å². The van der Waals surface area contributed by atoms with Gasteiger partial charge >= 0.3 is 0 Å². The van der Waals surface area contributed by atoms with Gasteiger partial charge in [-0.05, 0) is 13.3 Å². The molecule has 1 aromatic rings. The number of nitrogens with zero attached hydrogens (tertiary/aromatic N) is 1. The zero-order valence-corrected chi connectivity index (χ0v) is 8.51. The van der Waals surface area contributed by atoms with E-state index in [1.54, 1.807) is 0 Å². The SMILES string of the molecule is Cc1c(CS)noc1C1CCOC1. The second-order valence-corrected chi connectivity index (χ2v) is 3.65. The van der Waals surface area contributed by atoms with Crippen LogP contribution in [0.5, 0.6) is 0 Å². The summed E-state index contributed by atoms with van der Waals surface area (Å²) in [7, 11) is 0. The lowest BCUT2D eigenvalue weighted by Gasteiger charge is -2.02. The van der Waals surface area contributed by atoms with E-state index in [-0.39, 0.29) is 0 Å². The van der Waals surface area contributed by atoms with Crippen molar-refractivity contribution in [1.29, 1.82) is 0 Å². The Kier molecular flexibility index (Phi) is 2.60. The topological polar surface area (TPSA) is 35.3 Å².